The smallest absolute Gasteiger partial charge is 0.302 e. The number of carbonyl (C=O) groups is 1. The normalized spacial score (nSPS) is 11.8. The van der Waals surface area contributed by atoms with Crippen LogP contribution in [0.2, 0.25) is 19.6 Å². The highest BCUT2D eigenvalue weighted by molar-refractivity contribution is 6.69. The topological polar surface area (TPSA) is 109 Å². The Balaban J connectivity index is 3.05. The van der Waals surface area contributed by atoms with Gasteiger partial charge in [0.2, 0.25) is 0 Å². The zero-order valence-corrected chi connectivity index (χ0v) is 23.2. The lowest BCUT2D eigenvalue weighted by Gasteiger charge is -2.16. The van der Waals surface area contributed by atoms with Gasteiger partial charge >= 0.3 is 5.97 Å². The number of rotatable bonds is 28. The average molecular weight is 529 g/mol. The Morgan fingerprint density at radius 2 is 0.657 bits per heavy atom. The fraction of sp³-hybridized carbons (Fsp3) is 0.957. The van der Waals surface area contributed by atoms with Crippen LogP contribution >= 0.6 is 0 Å². The van der Waals surface area contributed by atoms with Gasteiger partial charge in [-0.2, -0.15) is 0 Å². The molecule has 0 rings (SSSR count). The summed E-state index contributed by atoms with van der Waals surface area (Å²) in [5.74, 6) is -0.307. The van der Waals surface area contributed by atoms with Crippen molar-refractivity contribution < 1.29 is 51.9 Å². The molecule has 0 heterocycles. The van der Waals surface area contributed by atoms with Gasteiger partial charge in [0.15, 0.2) is 8.32 Å². The first-order valence-electron chi connectivity index (χ1n) is 12.3. The van der Waals surface area contributed by atoms with Crippen molar-refractivity contribution in [2.75, 3.05) is 119 Å². The summed E-state index contributed by atoms with van der Waals surface area (Å²) in [5.41, 5.74) is 0. The third kappa shape index (κ3) is 33.3. The van der Waals surface area contributed by atoms with E-state index in [-0.39, 0.29) is 12.6 Å². The van der Waals surface area contributed by atoms with Crippen LogP contribution in [0.3, 0.4) is 0 Å². The lowest BCUT2D eigenvalue weighted by Crippen LogP contribution is -2.27. The third-order valence-electron chi connectivity index (χ3n) is 3.90. The summed E-state index contributed by atoms with van der Waals surface area (Å²) in [6.45, 7) is 16.9. The summed E-state index contributed by atoms with van der Waals surface area (Å²) < 4.78 is 53.7. The van der Waals surface area contributed by atoms with Crippen molar-refractivity contribution in [2.24, 2.45) is 0 Å². The van der Waals surface area contributed by atoms with E-state index in [0.29, 0.717) is 112 Å². The van der Waals surface area contributed by atoms with Crippen molar-refractivity contribution in [1.82, 2.24) is 0 Å². The van der Waals surface area contributed by atoms with E-state index in [2.05, 4.69) is 19.6 Å². The number of ether oxygens (including phenoxy) is 9. The number of esters is 1. The van der Waals surface area contributed by atoms with Crippen LogP contribution in [-0.4, -0.2) is 133 Å². The zero-order chi connectivity index (χ0) is 25.9. The maximum atomic E-state index is 10.6. The molecular weight excluding hydrogens is 480 g/mol. The molecule has 35 heavy (non-hydrogen) atoms. The number of hydrogen-bond acceptors (Lipinski definition) is 11. The van der Waals surface area contributed by atoms with E-state index < -0.39 is 8.32 Å². The molecule has 0 aliphatic heterocycles. The first-order chi connectivity index (χ1) is 16.9. The van der Waals surface area contributed by atoms with Gasteiger partial charge in [-0.25, -0.2) is 0 Å². The molecule has 11 nitrogen and oxygen atoms in total. The van der Waals surface area contributed by atoms with Crippen molar-refractivity contribution in [3.8, 4) is 0 Å². The SMILES string of the molecule is CC(=O)OCCOCCOCCOCCOCCOCCOCCOCCOCCO[Si](C)(C)C. The highest BCUT2D eigenvalue weighted by Gasteiger charge is 2.13. The van der Waals surface area contributed by atoms with E-state index >= 15 is 0 Å². The summed E-state index contributed by atoms with van der Waals surface area (Å²) in [5, 5.41) is 0. The first kappa shape index (κ1) is 34.3. The maximum absolute atomic E-state index is 10.6. The van der Waals surface area contributed by atoms with Gasteiger partial charge in [0.05, 0.1) is 112 Å². The van der Waals surface area contributed by atoms with Crippen LogP contribution in [0.1, 0.15) is 6.92 Å². The van der Waals surface area contributed by atoms with Gasteiger partial charge in [-0.05, 0) is 19.6 Å². The lowest BCUT2D eigenvalue weighted by molar-refractivity contribution is -0.142. The van der Waals surface area contributed by atoms with E-state index in [9.17, 15) is 4.79 Å². The number of hydrogen-bond donors (Lipinski definition) is 0. The van der Waals surface area contributed by atoms with Crippen LogP contribution in [0.25, 0.3) is 0 Å². The Morgan fingerprint density at radius 1 is 0.429 bits per heavy atom. The van der Waals surface area contributed by atoms with Crippen molar-refractivity contribution in [3.63, 3.8) is 0 Å². The minimum Gasteiger partial charge on any atom is -0.463 e. The summed E-state index contributed by atoms with van der Waals surface area (Å²) in [6, 6.07) is 0. The monoisotopic (exact) mass is 528 g/mol. The molecule has 0 radical (unpaired) electrons. The molecule has 0 aromatic heterocycles. The molecule has 0 unspecified atom stereocenters. The minimum atomic E-state index is -1.44. The molecule has 0 saturated carbocycles. The third-order valence-corrected chi connectivity index (χ3v) is 4.97. The predicted octanol–water partition coefficient (Wildman–Crippen LogP) is 1.53. The van der Waals surface area contributed by atoms with Crippen molar-refractivity contribution in [3.05, 3.63) is 0 Å². The molecular formula is C23H48O11Si. The van der Waals surface area contributed by atoms with Crippen molar-refractivity contribution >= 4 is 14.3 Å². The molecule has 0 aliphatic carbocycles. The Bertz CT molecular complexity index is 450. The predicted molar refractivity (Wildman–Crippen MR) is 132 cm³/mol. The largest absolute Gasteiger partial charge is 0.463 e. The molecule has 0 fully saturated rings. The molecule has 210 valence electrons. The summed E-state index contributed by atoms with van der Waals surface area (Å²) in [7, 11) is -1.44. The molecule has 12 heteroatoms. The van der Waals surface area contributed by atoms with Gasteiger partial charge in [0.25, 0.3) is 0 Å². The van der Waals surface area contributed by atoms with Crippen LogP contribution in [0.4, 0.5) is 0 Å². The molecule has 0 aromatic rings. The Hall–Kier alpha value is -0.673. The fourth-order valence-corrected chi connectivity index (χ4v) is 2.99. The Kier molecular flexibility index (Phi) is 25.9. The van der Waals surface area contributed by atoms with E-state index in [0.717, 1.165) is 0 Å². The molecule has 0 N–H and O–H groups in total. The van der Waals surface area contributed by atoms with Gasteiger partial charge < -0.3 is 47.1 Å². The quantitative estimate of drug-likeness (QED) is 0.0838. The van der Waals surface area contributed by atoms with Gasteiger partial charge in [-0.15, -0.1) is 0 Å². The lowest BCUT2D eigenvalue weighted by atomic mass is 10.6. The second-order valence-corrected chi connectivity index (χ2v) is 12.7. The fourth-order valence-electron chi connectivity index (χ4n) is 2.29. The first-order valence-corrected chi connectivity index (χ1v) is 15.7. The van der Waals surface area contributed by atoms with Gasteiger partial charge in [-0.1, -0.05) is 0 Å². The van der Waals surface area contributed by atoms with Gasteiger partial charge in [0.1, 0.15) is 6.61 Å². The van der Waals surface area contributed by atoms with E-state index in [4.69, 9.17) is 47.1 Å². The molecule has 0 atom stereocenters. The van der Waals surface area contributed by atoms with Crippen LogP contribution < -0.4 is 0 Å². The molecule has 0 saturated heterocycles. The molecule has 0 spiro atoms. The second-order valence-electron chi connectivity index (χ2n) is 8.20. The maximum Gasteiger partial charge on any atom is 0.302 e. The van der Waals surface area contributed by atoms with E-state index in [1.165, 1.54) is 6.92 Å². The molecule has 0 amide bonds. The molecule has 0 aliphatic rings. The second kappa shape index (κ2) is 26.4. The van der Waals surface area contributed by atoms with Crippen molar-refractivity contribution in [1.29, 1.82) is 0 Å². The van der Waals surface area contributed by atoms with Crippen LogP contribution in [0, 0.1) is 0 Å². The summed E-state index contributed by atoms with van der Waals surface area (Å²) in [6.07, 6.45) is 0. The molecule has 0 aromatic carbocycles. The Morgan fingerprint density at radius 3 is 0.886 bits per heavy atom. The van der Waals surface area contributed by atoms with Crippen LogP contribution in [0.5, 0.6) is 0 Å². The van der Waals surface area contributed by atoms with Crippen LogP contribution in [-0.2, 0) is 51.9 Å². The zero-order valence-electron chi connectivity index (χ0n) is 22.2. The average Bonchev–Trinajstić information content (AvgIpc) is 2.80. The minimum absolute atomic E-state index is 0.264. The summed E-state index contributed by atoms with van der Waals surface area (Å²) >= 11 is 0. The standard InChI is InChI=1S/C23H48O11Si/c1-23(24)33-21-19-31-17-15-29-13-11-27-9-7-25-5-6-26-8-10-28-12-14-30-16-18-32-20-22-34-35(2,3)4/h5-22H2,1-4H3. The Labute approximate surface area is 212 Å². The van der Waals surface area contributed by atoms with Gasteiger partial charge in [-0.3, -0.25) is 4.79 Å². The highest BCUT2D eigenvalue weighted by atomic mass is 28.4. The number of carbonyl (C=O) groups excluding carboxylic acids is 1. The van der Waals surface area contributed by atoms with Crippen LogP contribution in [0.15, 0.2) is 0 Å². The van der Waals surface area contributed by atoms with E-state index in [1.807, 2.05) is 0 Å². The molecule has 0 bridgehead atoms. The van der Waals surface area contributed by atoms with Crippen molar-refractivity contribution in [2.45, 2.75) is 26.6 Å². The summed E-state index contributed by atoms with van der Waals surface area (Å²) in [4.78, 5) is 10.6. The van der Waals surface area contributed by atoms with Gasteiger partial charge in [0, 0.05) is 6.92 Å². The van der Waals surface area contributed by atoms with E-state index in [1.54, 1.807) is 0 Å². The highest BCUT2D eigenvalue weighted by Crippen LogP contribution is 2.01.